The van der Waals surface area contributed by atoms with Gasteiger partial charge in [0.25, 0.3) is 0 Å². The van der Waals surface area contributed by atoms with Gasteiger partial charge in [0.2, 0.25) is 0 Å². The number of fused-ring (bicyclic) bond motifs is 2. The molecule has 2 aromatic rings. The number of hydrogen-bond donors (Lipinski definition) is 1. The van der Waals surface area contributed by atoms with Crippen LogP contribution in [0.25, 0.3) is 0 Å². The number of likely N-dealkylation sites (tertiary alicyclic amines) is 1. The molecule has 8 rings (SSSR count). The van der Waals surface area contributed by atoms with Crippen LogP contribution in [0.3, 0.4) is 0 Å². The highest BCUT2D eigenvalue weighted by molar-refractivity contribution is 5.89. The molecular formula is C36H44N2O7. The molecule has 4 aliphatic heterocycles. The third-order valence-electron chi connectivity index (χ3n) is 11.4. The molecule has 0 radical (unpaired) electrons. The minimum absolute atomic E-state index is 0.0820. The number of rotatable bonds is 5. The maximum Gasteiger partial charge on any atom is 0.338 e. The van der Waals surface area contributed by atoms with Crippen LogP contribution in [0, 0.1) is 11.8 Å². The van der Waals surface area contributed by atoms with E-state index in [1.165, 1.54) is 18.2 Å². The molecule has 9 nitrogen and oxygen atoms in total. The smallest absolute Gasteiger partial charge is 0.338 e. The molecule has 0 saturated carbocycles. The molecule has 9 atom stereocenters. The van der Waals surface area contributed by atoms with E-state index in [2.05, 4.69) is 29.0 Å². The molecule has 4 heterocycles. The van der Waals surface area contributed by atoms with Gasteiger partial charge in [-0.15, -0.1) is 0 Å². The summed E-state index contributed by atoms with van der Waals surface area (Å²) in [5, 5.41) is 10.6. The Balaban J connectivity index is 0.000000145. The normalized spacial score (nSPS) is 35.4. The van der Waals surface area contributed by atoms with Crippen LogP contribution in [0.4, 0.5) is 0 Å². The van der Waals surface area contributed by atoms with Crippen molar-refractivity contribution in [2.75, 3.05) is 34.4 Å². The third kappa shape index (κ3) is 4.77. The van der Waals surface area contributed by atoms with Crippen LogP contribution in [-0.2, 0) is 26.1 Å². The molecule has 3 fully saturated rings. The Kier molecular flexibility index (Phi) is 7.90. The number of methoxy groups -OCH3 is 1. The van der Waals surface area contributed by atoms with Crippen LogP contribution in [0.2, 0.25) is 0 Å². The Morgan fingerprint density at radius 2 is 1.87 bits per heavy atom. The number of benzene rings is 2. The highest BCUT2D eigenvalue weighted by atomic mass is 16.6. The van der Waals surface area contributed by atoms with Crippen LogP contribution in [0.5, 0.6) is 11.5 Å². The quantitative estimate of drug-likeness (QED) is 0.398. The van der Waals surface area contributed by atoms with Crippen molar-refractivity contribution in [1.29, 1.82) is 0 Å². The Hall–Kier alpha value is -3.40. The Labute approximate surface area is 265 Å². The van der Waals surface area contributed by atoms with Gasteiger partial charge in [-0.1, -0.05) is 36.4 Å². The molecule has 240 valence electrons. The molecule has 6 aliphatic rings. The summed E-state index contributed by atoms with van der Waals surface area (Å²) in [6.45, 7) is 3.68. The van der Waals surface area contributed by atoms with E-state index in [1.807, 2.05) is 32.2 Å². The first-order valence-electron chi connectivity index (χ1n) is 16.4. The monoisotopic (exact) mass is 616 g/mol. The zero-order valence-corrected chi connectivity index (χ0v) is 26.6. The lowest BCUT2D eigenvalue weighted by Gasteiger charge is -2.56. The summed E-state index contributed by atoms with van der Waals surface area (Å²) >= 11 is 0. The maximum atomic E-state index is 12.3. The SMILES string of the molecule is CCOc1ccc2c3c1O[C@H]1[C@@H](O)C=C[C@H]4[C@@H](C2)N(C)CC[C@@]341.COC(=O)[C@H]1[C@@H](OC(=O)c2ccccc2)C[C@@H]2CC[C@H]1N2C. The average molecular weight is 617 g/mol. The predicted molar refractivity (Wildman–Crippen MR) is 167 cm³/mol. The lowest BCUT2D eigenvalue weighted by Crippen LogP contribution is -2.64. The van der Waals surface area contributed by atoms with Crippen molar-refractivity contribution in [1.82, 2.24) is 9.80 Å². The first-order chi connectivity index (χ1) is 21.8. The largest absolute Gasteiger partial charge is 0.490 e. The van der Waals surface area contributed by atoms with E-state index < -0.39 is 18.1 Å². The number of piperidine rings is 2. The van der Waals surface area contributed by atoms with Gasteiger partial charge >= 0.3 is 11.9 Å². The fourth-order valence-corrected chi connectivity index (χ4v) is 9.26. The summed E-state index contributed by atoms with van der Waals surface area (Å²) in [6, 6.07) is 14.1. The van der Waals surface area contributed by atoms with Gasteiger partial charge in [-0.3, -0.25) is 9.69 Å². The summed E-state index contributed by atoms with van der Waals surface area (Å²) in [7, 11) is 5.65. The summed E-state index contributed by atoms with van der Waals surface area (Å²) < 4.78 is 22.8. The van der Waals surface area contributed by atoms with Crippen molar-refractivity contribution in [3.05, 3.63) is 71.3 Å². The Morgan fingerprint density at radius 1 is 1.07 bits per heavy atom. The van der Waals surface area contributed by atoms with E-state index >= 15 is 0 Å². The standard InChI is InChI=1S/C19H23NO3.C17H21NO4/c1-3-22-15-7-4-11-10-13-12-5-6-14(21)18-19(12,8-9-20(13)2)16(11)17(15)23-18;1-18-12-8-9-13(18)15(17(20)21-2)14(10-12)22-16(19)11-6-4-3-5-7-11/h4-7,12-14,18,21H,3,8-10H2,1-2H3;3-7,12-15H,8-10H2,1-2H3/t12-,13+,14-,18-,19-;12-,13+,14-,15+/m00/s1. The van der Waals surface area contributed by atoms with Crippen LogP contribution in [0.15, 0.2) is 54.6 Å². The zero-order chi connectivity index (χ0) is 31.5. The molecule has 1 spiro atoms. The van der Waals surface area contributed by atoms with Crippen molar-refractivity contribution in [3.63, 3.8) is 0 Å². The van der Waals surface area contributed by atoms with Gasteiger partial charge in [0, 0.05) is 41.4 Å². The molecule has 2 aromatic carbocycles. The van der Waals surface area contributed by atoms with Crippen LogP contribution in [-0.4, -0.2) is 97.6 Å². The number of aliphatic hydroxyl groups is 1. The first kappa shape index (κ1) is 30.3. The second-order valence-electron chi connectivity index (χ2n) is 13.4. The number of carbonyl (C=O) groups is 2. The van der Waals surface area contributed by atoms with Gasteiger partial charge in [0.15, 0.2) is 11.5 Å². The topological polar surface area (TPSA) is 97.8 Å². The Bertz CT molecular complexity index is 1480. The summed E-state index contributed by atoms with van der Waals surface area (Å²) in [5.41, 5.74) is 3.13. The average Bonchev–Trinajstić information content (AvgIpc) is 3.52. The highest BCUT2D eigenvalue weighted by Crippen LogP contribution is 2.62. The van der Waals surface area contributed by atoms with Gasteiger partial charge in [-0.2, -0.15) is 0 Å². The van der Waals surface area contributed by atoms with Crippen LogP contribution < -0.4 is 9.47 Å². The number of hydrogen-bond acceptors (Lipinski definition) is 9. The molecule has 0 unspecified atom stereocenters. The number of esters is 2. The number of carbonyl (C=O) groups excluding carboxylic acids is 2. The van der Waals surface area contributed by atoms with Crippen molar-refractivity contribution < 1.29 is 33.6 Å². The van der Waals surface area contributed by atoms with E-state index in [4.69, 9.17) is 18.9 Å². The van der Waals surface area contributed by atoms with E-state index in [9.17, 15) is 14.7 Å². The molecule has 0 aromatic heterocycles. The maximum absolute atomic E-state index is 12.3. The van der Waals surface area contributed by atoms with E-state index in [0.29, 0.717) is 36.6 Å². The molecule has 3 saturated heterocycles. The summed E-state index contributed by atoms with van der Waals surface area (Å²) in [6.07, 6.45) is 7.81. The Morgan fingerprint density at radius 3 is 2.62 bits per heavy atom. The van der Waals surface area contributed by atoms with Gasteiger partial charge in [-0.25, -0.2) is 4.79 Å². The van der Waals surface area contributed by atoms with Crippen LogP contribution in [0.1, 0.15) is 54.1 Å². The second-order valence-corrected chi connectivity index (χ2v) is 13.4. The zero-order valence-electron chi connectivity index (χ0n) is 26.6. The lowest BCUT2D eigenvalue weighted by molar-refractivity contribution is -0.156. The molecule has 0 amide bonds. The van der Waals surface area contributed by atoms with Crippen molar-refractivity contribution in [2.24, 2.45) is 11.8 Å². The molecule has 1 N–H and O–H groups in total. The van der Waals surface area contributed by atoms with Crippen molar-refractivity contribution in [3.8, 4) is 11.5 Å². The highest BCUT2D eigenvalue weighted by Gasteiger charge is 2.64. The number of aliphatic hydroxyl groups excluding tert-OH is 1. The van der Waals surface area contributed by atoms with Crippen molar-refractivity contribution >= 4 is 11.9 Å². The van der Waals surface area contributed by atoms with E-state index in [0.717, 1.165) is 43.7 Å². The number of nitrogens with zero attached hydrogens (tertiary/aromatic N) is 2. The first-order valence-corrected chi connectivity index (χ1v) is 16.4. The lowest BCUT2D eigenvalue weighted by atomic mass is 9.53. The van der Waals surface area contributed by atoms with Crippen molar-refractivity contribution in [2.45, 2.75) is 80.9 Å². The fraction of sp³-hybridized carbons (Fsp3) is 0.556. The number of likely N-dealkylation sites (N-methyl/N-ethyl adjacent to an activating group) is 1. The molecule has 45 heavy (non-hydrogen) atoms. The van der Waals surface area contributed by atoms with E-state index in [-0.39, 0.29) is 29.5 Å². The minimum Gasteiger partial charge on any atom is -0.490 e. The van der Waals surface area contributed by atoms with Gasteiger partial charge in [0.05, 0.1) is 19.3 Å². The minimum atomic E-state index is -0.539. The molecule has 9 heteroatoms. The second kappa shape index (κ2) is 11.8. The molecule has 2 aliphatic carbocycles. The summed E-state index contributed by atoms with van der Waals surface area (Å²) in [5.74, 6) is 1.08. The van der Waals surface area contributed by atoms with Gasteiger partial charge in [0.1, 0.15) is 24.2 Å². The molecule has 4 bridgehead atoms. The van der Waals surface area contributed by atoms with Crippen LogP contribution >= 0.6 is 0 Å². The summed E-state index contributed by atoms with van der Waals surface area (Å²) in [4.78, 5) is 29.2. The van der Waals surface area contributed by atoms with E-state index in [1.54, 1.807) is 24.3 Å². The predicted octanol–water partition coefficient (Wildman–Crippen LogP) is 3.76. The fourth-order valence-electron chi connectivity index (χ4n) is 9.26. The van der Waals surface area contributed by atoms with Gasteiger partial charge < -0.3 is 29.0 Å². The van der Waals surface area contributed by atoms with Gasteiger partial charge in [-0.05, 0) is 77.0 Å². The third-order valence-corrected chi connectivity index (χ3v) is 11.4. The number of ether oxygens (including phenoxy) is 4. The molecular weight excluding hydrogens is 572 g/mol.